The van der Waals surface area contributed by atoms with Crippen molar-refractivity contribution in [3.63, 3.8) is 0 Å². The Balaban J connectivity index is 1.94. The fraction of sp³-hybridized carbons (Fsp3) is 0.312. The summed E-state index contributed by atoms with van der Waals surface area (Å²) in [6.45, 7) is 2.07. The number of halogens is 2. The van der Waals surface area contributed by atoms with Crippen molar-refractivity contribution >= 4 is 35.1 Å². The summed E-state index contributed by atoms with van der Waals surface area (Å²) in [5.41, 5.74) is 0.124. The number of amides is 1. The number of thioether (sulfide) groups is 2. The molecule has 1 heterocycles. The van der Waals surface area contributed by atoms with Crippen molar-refractivity contribution in [3.05, 3.63) is 51.9 Å². The topological polar surface area (TPSA) is 74.8 Å². The SMILES string of the molecule is CCCSCc1cc(=O)[nH]c(SCC(=O)Nc2cc(F)ccc2F)n1. The summed E-state index contributed by atoms with van der Waals surface area (Å²) in [6, 6.07) is 4.24. The molecule has 2 aromatic rings. The quantitative estimate of drug-likeness (QED) is 0.414. The van der Waals surface area contributed by atoms with Crippen LogP contribution in [0.2, 0.25) is 0 Å². The largest absolute Gasteiger partial charge is 0.323 e. The Morgan fingerprint density at radius 1 is 1.32 bits per heavy atom. The Labute approximate surface area is 152 Å². The van der Waals surface area contributed by atoms with Gasteiger partial charge in [-0.25, -0.2) is 13.8 Å². The number of carbonyl (C=O) groups excluding carboxylic acids is 1. The molecule has 1 aromatic carbocycles. The molecule has 0 unspecified atom stereocenters. The molecular weight excluding hydrogens is 368 g/mol. The number of aromatic amines is 1. The second-order valence-electron chi connectivity index (χ2n) is 5.06. The molecule has 0 spiro atoms. The highest BCUT2D eigenvalue weighted by Crippen LogP contribution is 2.18. The summed E-state index contributed by atoms with van der Waals surface area (Å²) in [5.74, 6) is -0.397. The summed E-state index contributed by atoms with van der Waals surface area (Å²) in [4.78, 5) is 30.4. The van der Waals surface area contributed by atoms with Crippen LogP contribution in [0, 0.1) is 11.6 Å². The van der Waals surface area contributed by atoms with E-state index in [4.69, 9.17) is 0 Å². The molecule has 0 saturated carbocycles. The molecule has 25 heavy (non-hydrogen) atoms. The van der Waals surface area contributed by atoms with E-state index in [1.165, 1.54) is 6.07 Å². The summed E-state index contributed by atoms with van der Waals surface area (Å²) in [5, 5.41) is 2.61. The molecule has 0 aliphatic carbocycles. The molecule has 0 bridgehead atoms. The second-order valence-corrected chi connectivity index (χ2v) is 7.12. The number of carbonyl (C=O) groups is 1. The first-order valence-corrected chi connectivity index (χ1v) is 9.67. The minimum absolute atomic E-state index is 0.0928. The van der Waals surface area contributed by atoms with E-state index in [0.29, 0.717) is 16.6 Å². The van der Waals surface area contributed by atoms with Gasteiger partial charge in [0.1, 0.15) is 11.6 Å². The van der Waals surface area contributed by atoms with E-state index >= 15 is 0 Å². The van der Waals surface area contributed by atoms with Crippen molar-refractivity contribution in [1.29, 1.82) is 0 Å². The van der Waals surface area contributed by atoms with Crippen molar-refractivity contribution in [1.82, 2.24) is 9.97 Å². The van der Waals surface area contributed by atoms with Crippen molar-refractivity contribution in [2.24, 2.45) is 0 Å². The fourth-order valence-electron chi connectivity index (χ4n) is 1.86. The van der Waals surface area contributed by atoms with Crippen LogP contribution < -0.4 is 10.9 Å². The Bertz CT molecular complexity index is 799. The molecular formula is C16H17F2N3O2S2. The zero-order valence-electron chi connectivity index (χ0n) is 13.5. The Morgan fingerprint density at radius 3 is 2.88 bits per heavy atom. The average Bonchev–Trinajstić information content (AvgIpc) is 2.56. The van der Waals surface area contributed by atoms with Gasteiger partial charge in [-0.3, -0.25) is 9.59 Å². The molecule has 0 fully saturated rings. The minimum atomic E-state index is -0.721. The number of nitrogens with one attached hydrogen (secondary N) is 2. The fourth-order valence-corrected chi connectivity index (χ4v) is 3.34. The van der Waals surface area contributed by atoms with Crippen LogP contribution in [-0.2, 0) is 10.5 Å². The first-order chi connectivity index (χ1) is 12.0. The number of hydrogen-bond acceptors (Lipinski definition) is 5. The van der Waals surface area contributed by atoms with Crippen LogP contribution in [0.5, 0.6) is 0 Å². The Hall–Kier alpha value is -1.87. The van der Waals surface area contributed by atoms with Crippen molar-refractivity contribution < 1.29 is 13.6 Å². The molecule has 0 aliphatic rings. The van der Waals surface area contributed by atoms with Crippen LogP contribution in [0.4, 0.5) is 14.5 Å². The lowest BCUT2D eigenvalue weighted by molar-refractivity contribution is -0.113. The van der Waals surface area contributed by atoms with Crippen molar-refractivity contribution in [2.75, 3.05) is 16.8 Å². The van der Waals surface area contributed by atoms with Crippen LogP contribution in [0.1, 0.15) is 19.0 Å². The van der Waals surface area contributed by atoms with Gasteiger partial charge in [0.25, 0.3) is 5.56 Å². The van der Waals surface area contributed by atoms with E-state index in [1.807, 2.05) is 0 Å². The summed E-state index contributed by atoms with van der Waals surface area (Å²) >= 11 is 2.69. The van der Waals surface area contributed by atoms with Gasteiger partial charge >= 0.3 is 0 Å². The number of anilines is 1. The second kappa shape index (κ2) is 9.57. The monoisotopic (exact) mass is 385 g/mol. The number of aromatic nitrogens is 2. The lowest BCUT2D eigenvalue weighted by Crippen LogP contribution is -2.16. The van der Waals surface area contributed by atoms with Crippen LogP contribution in [-0.4, -0.2) is 27.4 Å². The highest BCUT2D eigenvalue weighted by molar-refractivity contribution is 7.99. The van der Waals surface area contributed by atoms with Crippen LogP contribution >= 0.6 is 23.5 Å². The standard InChI is InChI=1S/C16H17F2N3O2S2/c1-2-5-24-8-11-7-14(22)21-16(19-11)25-9-15(23)20-13-6-10(17)3-4-12(13)18/h3-4,6-7H,2,5,8-9H2,1H3,(H,20,23)(H,19,21,22). The molecule has 134 valence electrons. The van der Waals surface area contributed by atoms with E-state index in [0.717, 1.165) is 42.1 Å². The lowest BCUT2D eigenvalue weighted by Gasteiger charge is -2.07. The molecule has 5 nitrogen and oxygen atoms in total. The third-order valence-electron chi connectivity index (χ3n) is 2.91. The van der Waals surface area contributed by atoms with E-state index in [2.05, 4.69) is 22.2 Å². The van der Waals surface area contributed by atoms with Gasteiger partial charge in [-0.2, -0.15) is 11.8 Å². The zero-order chi connectivity index (χ0) is 18.2. The van der Waals surface area contributed by atoms with E-state index < -0.39 is 17.5 Å². The maximum Gasteiger partial charge on any atom is 0.251 e. The Kier molecular flexibility index (Phi) is 7.45. The number of rotatable bonds is 8. The van der Waals surface area contributed by atoms with Crippen molar-refractivity contribution in [3.8, 4) is 0 Å². The molecule has 2 N–H and O–H groups in total. The summed E-state index contributed by atoms with van der Waals surface area (Å²) in [6.07, 6.45) is 1.03. The van der Waals surface area contributed by atoms with Gasteiger partial charge < -0.3 is 10.3 Å². The van der Waals surface area contributed by atoms with Crippen LogP contribution in [0.3, 0.4) is 0 Å². The maximum atomic E-state index is 13.5. The molecule has 0 saturated heterocycles. The van der Waals surface area contributed by atoms with E-state index in [-0.39, 0.29) is 17.0 Å². The molecule has 1 aromatic heterocycles. The molecule has 9 heteroatoms. The molecule has 0 radical (unpaired) electrons. The van der Waals surface area contributed by atoms with Gasteiger partial charge in [0.05, 0.1) is 17.1 Å². The maximum absolute atomic E-state index is 13.5. The van der Waals surface area contributed by atoms with E-state index in [1.54, 1.807) is 11.8 Å². The average molecular weight is 385 g/mol. The van der Waals surface area contributed by atoms with E-state index in [9.17, 15) is 18.4 Å². The molecule has 1 amide bonds. The molecule has 2 rings (SSSR count). The van der Waals surface area contributed by atoms with Crippen molar-refractivity contribution in [2.45, 2.75) is 24.3 Å². The van der Waals surface area contributed by atoms with Gasteiger partial charge in [0, 0.05) is 17.9 Å². The normalized spacial score (nSPS) is 10.7. The third kappa shape index (κ3) is 6.50. The highest BCUT2D eigenvalue weighted by atomic mass is 32.2. The first kappa shape index (κ1) is 19.5. The van der Waals surface area contributed by atoms with Crippen LogP contribution in [0.25, 0.3) is 0 Å². The first-order valence-electron chi connectivity index (χ1n) is 7.53. The number of H-pyrrole nitrogens is 1. The van der Waals surface area contributed by atoms with Gasteiger partial charge in [-0.1, -0.05) is 18.7 Å². The smallest absolute Gasteiger partial charge is 0.251 e. The van der Waals surface area contributed by atoms with Gasteiger partial charge in [0.2, 0.25) is 5.91 Å². The predicted octanol–water partition coefficient (Wildman–Crippen LogP) is 3.42. The molecule has 0 aliphatic heterocycles. The van der Waals surface area contributed by atoms with Crippen LogP contribution in [0.15, 0.2) is 34.2 Å². The number of benzene rings is 1. The summed E-state index contributed by atoms with van der Waals surface area (Å²) in [7, 11) is 0. The van der Waals surface area contributed by atoms with Gasteiger partial charge in [-0.15, -0.1) is 0 Å². The number of nitrogens with zero attached hydrogens (tertiary/aromatic N) is 1. The minimum Gasteiger partial charge on any atom is -0.323 e. The van der Waals surface area contributed by atoms with Gasteiger partial charge in [-0.05, 0) is 24.3 Å². The highest BCUT2D eigenvalue weighted by Gasteiger charge is 2.10. The van der Waals surface area contributed by atoms with Gasteiger partial charge in [0.15, 0.2) is 5.16 Å². The number of hydrogen-bond donors (Lipinski definition) is 2. The lowest BCUT2D eigenvalue weighted by atomic mass is 10.3. The predicted molar refractivity (Wildman–Crippen MR) is 97.0 cm³/mol. The Morgan fingerprint density at radius 2 is 2.12 bits per heavy atom. The molecule has 0 atom stereocenters. The zero-order valence-corrected chi connectivity index (χ0v) is 15.1. The third-order valence-corrected chi connectivity index (χ3v) is 4.98. The summed E-state index contributed by atoms with van der Waals surface area (Å²) < 4.78 is 26.6.